The Bertz CT molecular complexity index is 450. The van der Waals surface area contributed by atoms with Crippen LogP contribution in [-0.4, -0.2) is 20.7 Å². The lowest BCUT2D eigenvalue weighted by Gasteiger charge is -2.44. The molecular formula is C17H30O2Si. The zero-order valence-corrected chi connectivity index (χ0v) is 15.4. The molecule has 0 fully saturated rings. The second kappa shape index (κ2) is 5.27. The first-order chi connectivity index (χ1) is 8.84. The van der Waals surface area contributed by atoms with Crippen molar-refractivity contribution in [3.8, 4) is 0 Å². The molecule has 2 nitrogen and oxygen atoms in total. The highest BCUT2D eigenvalue weighted by Gasteiger charge is 2.43. The minimum atomic E-state index is -1.84. The molecule has 1 aliphatic rings. The van der Waals surface area contributed by atoms with Crippen LogP contribution < -0.4 is 0 Å². The van der Waals surface area contributed by atoms with Gasteiger partial charge in [-0.2, -0.15) is 0 Å². The summed E-state index contributed by atoms with van der Waals surface area (Å²) in [5, 5.41) is 0.170. The summed E-state index contributed by atoms with van der Waals surface area (Å²) in [7, 11) is -1.84. The Labute approximate surface area is 125 Å². The molecule has 0 heterocycles. The van der Waals surface area contributed by atoms with Crippen molar-refractivity contribution in [2.24, 2.45) is 5.41 Å². The van der Waals surface area contributed by atoms with Crippen molar-refractivity contribution < 1.29 is 9.22 Å². The smallest absolute Gasteiger partial charge is 0.192 e. The molecule has 0 aromatic carbocycles. The normalized spacial score (nSPS) is 24.0. The number of hydrogen-bond acceptors (Lipinski definition) is 2. The quantitative estimate of drug-likeness (QED) is 0.421. The highest BCUT2D eigenvalue weighted by Crippen LogP contribution is 2.46. The lowest BCUT2D eigenvalue weighted by molar-refractivity contribution is -0.105. The standard InChI is InChI=1S/C17H30O2Si/c1-12-10-15(19-20(8,9)16(3,4)5)13(2)14(11-18)17(12,6)7/h11,15H,1,10H2,2-9H3. The van der Waals surface area contributed by atoms with Gasteiger partial charge in [-0.25, -0.2) is 0 Å². The molecule has 0 amide bonds. The van der Waals surface area contributed by atoms with Crippen LogP contribution in [0.4, 0.5) is 0 Å². The van der Waals surface area contributed by atoms with E-state index in [0.29, 0.717) is 0 Å². The first kappa shape index (κ1) is 17.4. The summed E-state index contributed by atoms with van der Waals surface area (Å²) in [4.78, 5) is 11.5. The Morgan fingerprint density at radius 2 is 1.85 bits per heavy atom. The van der Waals surface area contributed by atoms with E-state index in [2.05, 4.69) is 54.3 Å². The van der Waals surface area contributed by atoms with Gasteiger partial charge in [-0.3, -0.25) is 4.79 Å². The van der Waals surface area contributed by atoms with Crippen LogP contribution in [0.5, 0.6) is 0 Å². The van der Waals surface area contributed by atoms with Gasteiger partial charge in [0.15, 0.2) is 8.32 Å². The van der Waals surface area contributed by atoms with Crippen LogP contribution in [0.1, 0.15) is 48.0 Å². The molecule has 1 unspecified atom stereocenters. The maximum Gasteiger partial charge on any atom is 0.192 e. The largest absolute Gasteiger partial charge is 0.410 e. The Morgan fingerprint density at radius 1 is 1.35 bits per heavy atom. The fourth-order valence-corrected chi connectivity index (χ4v) is 3.72. The van der Waals surface area contributed by atoms with Gasteiger partial charge in [-0.15, -0.1) is 0 Å². The van der Waals surface area contributed by atoms with Crippen LogP contribution in [0, 0.1) is 5.41 Å². The molecule has 0 aromatic heterocycles. The van der Waals surface area contributed by atoms with E-state index in [4.69, 9.17) is 4.43 Å². The molecule has 0 radical (unpaired) electrons. The third kappa shape index (κ3) is 2.99. The number of carbonyl (C=O) groups excluding carboxylic acids is 1. The molecule has 0 N–H and O–H groups in total. The molecule has 1 atom stereocenters. The molecule has 20 heavy (non-hydrogen) atoms. The van der Waals surface area contributed by atoms with Crippen molar-refractivity contribution >= 4 is 14.6 Å². The first-order valence-corrected chi connectivity index (χ1v) is 10.3. The first-order valence-electron chi connectivity index (χ1n) is 7.37. The van der Waals surface area contributed by atoms with Crippen molar-refractivity contribution in [3.63, 3.8) is 0 Å². The van der Waals surface area contributed by atoms with E-state index in [-0.39, 0.29) is 16.6 Å². The number of allylic oxidation sites excluding steroid dienone is 1. The zero-order valence-electron chi connectivity index (χ0n) is 14.4. The predicted molar refractivity (Wildman–Crippen MR) is 88.4 cm³/mol. The monoisotopic (exact) mass is 294 g/mol. The van der Waals surface area contributed by atoms with E-state index in [1.54, 1.807) is 0 Å². The van der Waals surface area contributed by atoms with Crippen LogP contribution in [-0.2, 0) is 9.22 Å². The van der Waals surface area contributed by atoms with E-state index < -0.39 is 8.32 Å². The van der Waals surface area contributed by atoms with Gasteiger partial charge in [0, 0.05) is 11.0 Å². The third-order valence-electron chi connectivity index (χ3n) is 5.26. The lowest BCUT2D eigenvalue weighted by atomic mass is 9.69. The molecule has 0 saturated heterocycles. The molecule has 1 rings (SSSR count). The summed E-state index contributed by atoms with van der Waals surface area (Å²) >= 11 is 0. The maximum absolute atomic E-state index is 11.5. The Balaban J connectivity index is 3.17. The minimum Gasteiger partial charge on any atom is -0.410 e. The second-order valence-corrected chi connectivity index (χ2v) is 12.8. The average molecular weight is 295 g/mol. The van der Waals surface area contributed by atoms with Crippen molar-refractivity contribution in [1.82, 2.24) is 0 Å². The third-order valence-corrected chi connectivity index (χ3v) is 9.74. The highest BCUT2D eigenvalue weighted by molar-refractivity contribution is 6.74. The minimum absolute atomic E-state index is 0.0108. The van der Waals surface area contributed by atoms with Crippen LogP contribution in [0.15, 0.2) is 23.3 Å². The number of aldehydes is 1. The summed E-state index contributed by atoms with van der Waals surface area (Å²) in [6.45, 7) is 21.6. The zero-order chi connectivity index (χ0) is 15.9. The van der Waals surface area contributed by atoms with Gasteiger partial charge in [-0.1, -0.05) is 46.8 Å². The Morgan fingerprint density at radius 3 is 2.25 bits per heavy atom. The molecule has 3 heteroatoms. The topological polar surface area (TPSA) is 26.3 Å². The van der Waals surface area contributed by atoms with Gasteiger partial charge in [0.05, 0.1) is 6.10 Å². The maximum atomic E-state index is 11.5. The van der Waals surface area contributed by atoms with Crippen LogP contribution in [0.3, 0.4) is 0 Å². The van der Waals surface area contributed by atoms with Gasteiger partial charge < -0.3 is 4.43 Å². The van der Waals surface area contributed by atoms with Gasteiger partial charge in [0.1, 0.15) is 6.29 Å². The van der Waals surface area contributed by atoms with E-state index >= 15 is 0 Å². The van der Waals surface area contributed by atoms with Gasteiger partial charge >= 0.3 is 0 Å². The van der Waals surface area contributed by atoms with Gasteiger partial charge in [0.25, 0.3) is 0 Å². The molecule has 114 valence electrons. The number of hydrogen-bond donors (Lipinski definition) is 0. The van der Waals surface area contributed by atoms with Crippen molar-refractivity contribution in [1.29, 1.82) is 0 Å². The summed E-state index contributed by atoms with van der Waals surface area (Å²) in [6.07, 6.45) is 1.82. The fourth-order valence-electron chi connectivity index (χ4n) is 2.39. The molecule has 0 saturated carbocycles. The molecular weight excluding hydrogens is 264 g/mol. The average Bonchev–Trinajstić information content (AvgIpc) is 2.24. The molecule has 0 aromatic rings. The van der Waals surface area contributed by atoms with Crippen molar-refractivity contribution in [3.05, 3.63) is 23.3 Å². The fraction of sp³-hybridized carbons (Fsp3) is 0.706. The number of carbonyl (C=O) groups is 1. The summed E-state index contributed by atoms with van der Waals surface area (Å²) in [5.41, 5.74) is 2.78. The van der Waals surface area contributed by atoms with Crippen molar-refractivity contribution in [2.75, 3.05) is 0 Å². The van der Waals surface area contributed by atoms with E-state index in [9.17, 15) is 4.79 Å². The van der Waals surface area contributed by atoms with Crippen LogP contribution in [0.25, 0.3) is 0 Å². The second-order valence-electron chi connectivity index (χ2n) is 8.01. The molecule has 0 bridgehead atoms. The predicted octanol–water partition coefficient (Wildman–Crippen LogP) is 4.88. The van der Waals surface area contributed by atoms with E-state index in [1.807, 2.05) is 6.92 Å². The van der Waals surface area contributed by atoms with E-state index in [1.165, 1.54) is 0 Å². The Kier molecular flexibility index (Phi) is 4.57. The summed E-state index contributed by atoms with van der Waals surface area (Å²) in [6, 6.07) is 0. The molecule has 0 spiro atoms. The summed E-state index contributed by atoms with van der Waals surface area (Å²) in [5.74, 6) is 0. The van der Waals surface area contributed by atoms with Gasteiger partial charge in [-0.05, 0) is 37.0 Å². The highest BCUT2D eigenvalue weighted by atomic mass is 28.4. The van der Waals surface area contributed by atoms with E-state index in [0.717, 1.165) is 29.4 Å². The van der Waals surface area contributed by atoms with Crippen molar-refractivity contribution in [2.45, 2.75) is 72.2 Å². The molecule has 0 aliphatic heterocycles. The summed E-state index contributed by atoms with van der Waals surface area (Å²) < 4.78 is 6.51. The molecule has 1 aliphatic carbocycles. The Hall–Kier alpha value is -0.673. The van der Waals surface area contributed by atoms with Crippen LogP contribution in [0.2, 0.25) is 18.1 Å². The van der Waals surface area contributed by atoms with Gasteiger partial charge in [0.2, 0.25) is 0 Å². The lowest BCUT2D eigenvalue weighted by Crippen LogP contribution is -2.46. The van der Waals surface area contributed by atoms with Crippen LogP contribution >= 0.6 is 0 Å². The number of rotatable bonds is 3. The SMILES string of the molecule is C=C1CC(O[Si](C)(C)C(C)(C)C)C(C)=C(C=O)C1(C)C.